The van der Waals surface area contributed by atoms with E-state index >= 15 is 0 Å². The molecule has 1 aliphatic carbocycles. The highest BCUT2D eigenvalue weighted by Crippen LogP contribution is 2.25. The van der Waals surface area contributed by atoms with Gasteiger partial charge in [-0.2, -0.15) is 0 Å². The SMILES string of the molecule is O=C(CCOCC(F)F)N(CCCl)C1CCC1. The van der Waals surface area contributed by atoms with E-state index < -0.39 is 13.0 Å². The molecule has 1 fully saturated rings. The van der Waals surface area contributed by atoms with Crippen molar-refractivity contribution in [2.75, 3.05) is 25.6 Å². The summed E-state index contributed by atoms with van der Waals surface area (Å²) in [6.07, 6.45) is 0.843. The van der Waals surface area contributed by atoms with Crippen molar-refractivity contribution in [2.45, 2.75) is 38.2 Å². The molecule has 1 amide bonds. The van der Waals surface area contributed by atoms with Crippen LogP contribution in [0.5, 0.6) is 0 Å². The summed E-state index contributed by atoms with van der Waals surface area (Å²) in [4.78, 5) is 13.6. The summed E-state index contributed by atoms with van der Waals surface area (Å²) in [7, 11) is 0. The van der Waals surface area contributed by atoms with E-state index in [-0.39, 0.29) is 25.0 Å². The lowest BCUT2D eigenvalue weighted by Gasteiger charge is -2.37. The van der Waals surface area contributed by atoms with Crippen molar-refractivity contribution in [1.29, 1.82) is 0 Å². The summed E-state index contributed by atoms with van der Waals surface area (Å²) in [5, 5.41) is 0. The van der Waals surface area contributed by atoms with Gasteiger partial charge in [0.2, 0.25) is 5.91 Å². The Balaban J connectivity index is 2.22. The summed E-state index contributed by atoms with van der Waals surface area (Å²) >= 11 is 5.64. The number of hydrogen-bond donors (Lipinski definition) is 0. The van der Waals surface area contributed by atoms with Gasteiger partial charge in [0.1, 0.15) is 6.61 Å². The van der Waals surface area contributed by atoms with Crippen molar-refractivity contribution in [3.8, 4) is 0 Å². The number of hydrogen-bond acceptors (Lipinski definition) is 2. The molecule has 0 heterocycles. The van der Waals surface area contributed by atoms with Crippen LogP contribution in [0.2, 0.25) is 0 Å². The summed E-state index contributed by atoms with van der Waals surface area (Å²) in [6, 6.07) is 0.288. The molecular formula is C11H18ClF2NO2. The number of carbonyl (C=O) groups excluding carboxylic acids is 1. The Morgan fingerprint density at radius 3 is 2.65 bits per heavy atom. The van der Waals surface area contributed by atoms with E-state index in [4.69, 9.17) is 16.3 Å². The Bertz CT molecular complexity index is 238. The van der Waals surface area contributed by atoms with Gasteiger partial charge in [0.15, 0.2) is 0 Å². The number of rotatable bonds is 8. The first-order chi connectivity index (χ1) is 8.15. The standard InChI is InChI=1S/C11H18ClF2NO2/c12-5-6-15(9-2-1-3-9)11(16)4-7-17-8-10(13)14/h9-10H,1-8H2. The number of carbonyl (C=O) groups is 1. The molecule has 0 atom stereocenters. The molecule has 0 spiro atoms. The van der Waals surface area contributed by atoms with Crippen LogP contribution in [0.25, 0.3) is 0 Å². The second-order valence-corrected chi connectivity index (χ2v) is 4.45. The van der Waals surface area contributed by atoms with Gasteiger partial charge in [-0.3, -0.25) is 4.79 Å². The highest BCUT2D eigenvalue weighted by molar-refractivity contribution is 6.18. The molecule has 1 saturated carbocycles. The number of amides is 1. The molecule has 0 aromatic carbocycles. The van der Waals surface area contributed by atoms with E-state index in [1.807, 2.05) is 0 Å². The number of halogens is 3. The second-order valence-electron chi connectivity index (χ2n) is 4.08. The molecule has 0 bridgehead atoms. The Kier molecular flexibility index (Phi) is 6.73. The summed E-state index contributed by atoms with van der Waals surface area (Å²) in [6.45, 7) is -0.0270. The Labute approximate surface area is 105 Å². The molecule has 0 radical (unpaired) electrons. The van der Waals surface area contributed by atoms with Gasteiger partial charge in [-0.1, -0.05) is 0 Å². The quantitative estimate of drug-likeness (QED) is 0.500. The van der Waals surface area contributed by atoms with E-state index in [9.17, 15) is 13.6 Å². The van der Waals surface area contributed by atoms with Crippen LogP contribution in [0.4, 0.5) is 8.78 Å². The van der Waals surface area contributed by atoms with Crippen molar-refractivity contribution in [3.63, 3.8) is 0 Å². The van der Waals surface area contributed by atoms with E-state index in [2.05, 4.69) is 0 Å². The highest BCUT2D eigenvalue weighted by atomic mass is 35.5. The molecule has 0 aromatic rings. The summed E-state index contributed by atoms with van der Waals surface area (Å²) < 4.78 is 28.3. The van der Waals surface area contributed by atoms with Crippen LogP contribution in [-0.2, 0) is 9.53 Å². The molecule has 0 unspecified atom stereocenters. The molecule has 0 N–H and O–H groups in total. The first-order valence-corrected chi connectivity index (χ1v) is 6.40. The maximum absolute atomic E-state index is 11.8. The minimum absolute atomic E-state index is 0.0503. The maximum atomic E-state index is 11.8. The predicted molar refractivity (Wildman–Crippen MR) is 61.5 cm³/mol. The van der Waals surface area contributed by atoms with Crippen LogP contribution >= 0.6 is 11.6 Å². The average molecular weight is 270 g/mol. The third kappa shape index (κ3) is 5.17. The van der Waals surface area contributed by atoms with Gasteiger partial charge in [-0.05, 0) is 19.3 Å². The molecule has 100 valence electrons. The zero-order chi connectivity index (χ0) is 12.7. The first kappa shape index (κ1) is 14.6. The van der Waals surface area contributed by atoms with Gasteiger partial charge in [0, 0.05) is 18.5 Å². The molecule has 1 aliphatic rings. The molecule has 6 heteroatoms. The van der Waals surface area contributed by atoms with E-state index in [1.165, 1.54) is 0 Å². The van der Waals surface area contributed by atoms with Crippen molar-refractivity contribution in [3.05, 3.63) is 0 Å². The van der Waals surface area contributed by atoms with Gasteiger partial charge < -0.3 is 9.64 Å². The summed E-state index contributed by atoms with van der Waals surface area (Å²) in [5.41, 5.74) is 0. The van der Waals surface area contributed by atoms with Crippen LogP contribution in [0.15, 0.2) is 0 Å². The molecule has 17 heavy (non-hydrogen) atoms. The average Bonchev–Trinajstić information content (AvgIpc) is 2.20. The van der Waals surface area contributed by atoms with Crippen LogP contribution in [-0.4, -0.2) is 48.9 Å². The topological polar surface area (TPSA) is 29.5 Å². The van der Waals surface area contributed by atoms with Crippen molar-refractivity contribution < 1.29 is 18.3 Å². The van der Waals surface area contributed by atoms with Gasteiger partial charge >= 0.3 is 0 Å². The van der Waals surface area contributed by atoms with E-state index in [0.29, 0.717) is 12.4 Å². The van der Waals surface area contributed by atoms with Crippen molar-refractivity contribution in [1.82, 2.24) is 4.90 Å². The fraction of sp³-hybridized carbons (Fsp3) is 0.909. The third-order valence-corrected chi connectivity index (χ3v) is 3.03. The van der Waals surface area contributed by atoms with Crippen LogP contribution in [0.3, 0.4) is 0 Å². The zero-order valence-corrected chi connectivity index (χ0v) is 10.5. The maximum Gasteiger partial charge on any atom is 0.261 e. The lowest BCUT2D eigenvalue weighted by atomic mass is 9.91. The van der Waals surface area contributed by atoms with Crippen molar-refractivity contribution >= 4 is 17.5 Å². The van der Waals surface area contributed by atoms with Crippen LogP contribution < -0.4 is 0 Å². The predicted octanol–water partition coefficient (Wildman–Crippen LogP) is 2.28. The lowest BCUT2D eigenvalue weighted by Crippen LogP contribution is -2.45. The number of nitrogens with zero attached hydrogens (tertiary/aromatic N) is 1. The van der Waals surface area contributed by atoms with Gasteiger partial charge in [0.25, 0.3) is 6.43 Å². The van der Waals surface area contributed by atoms with E-state index in [1.54, 1.807) is 4.90 Å². The fourth-order valence-electron chi connectivity index (χ4n) is 1.78. The Morgan fingerprint density at radius 1 is 1.47 bits per heavy atom. The summed E-state index contributed by atoms with van der Waals surface area (Å²) in [5.74, 6) is 0.352. The van der Waals surface area contributed by atoms with Gasteiger partial charge in [0.05, 0.1) is 13.0 Å². The zero-order valence-electron chi connectivity index (χ0n) is 9.71. The van der Waals surface area contributed by atoms with E-state index in [0.717, 1.165) is 19.3 Å². The van der Waals surface area contributed by atoms with Crippen LogP contribution in [0, 0.1) is 0 Å². The van der Waals surface area contributed by atoms with Gasteiger partial charge in [-0.25, -0.2) is 8.78 Å². The van der Waals surface area contributed by atoms with Crippen LogP contribution in [0.1, 0.15) is 25.7 Å². The van der Waals surface area contributed by atoms with Gasteiger partial charge in [-0.15, -0.1) is 11.6 Å². The monoisotopic (exact) mass is 269 g/mol. The Morgan fingerprint density at radius 2 is 2.18 bits per heavy atom. The molecular weight excluding hydrogens is 252 g/mol. The molecule has 0 aromatic heterocycles. The largest absolute Gasteiger partial charge is 0.375 e. The molecule has 3 nitrogen and oxygen atoms in total. The van der Waals surface area contributed by atoms with Crippen molar-refractivity contribution in [2.24, 2.45) is 0 Å². The normalized spacial score (nSPS) is 16.0. The lowest BCUT2D eigenvalue weighted by molar-refractivity contribution is -0.136. The number of alkyl halides is 3. The minimum Gasteiger partial charge on any atom is -0.375 e. The fourth-order valence-corrected chi connectivity index (χ4v) is 1.96. The third-order valence-electron chi connectivity index (χ3n) is 2.87. The smallest absolute Gasteiger partial charge is 0.261 e. The second kappa shape index (κ2) is 7.82. The highest BCUT2D eigenvalue weighted by Gasteiger charge is 2.27. The molecule has 1 rings (SSSR count). The molecule has 0 saturated heterocycles. The minimum atomic E-state index is -2.48. The number of ether oxygens (including phenoxy) is 1. The molecule has 0 aliphatic heterocycles. The Hall–Kier alpha value is -0.420. The first-order valence-electron chi connectivity index (χ1n) is 5.86.